The molecule has 14 heavy (non-hydrogen) atoms. The summed E-state index contributed by atoms with van der Waals surface area (Å²) in [7, 11) is -4.26. The summed E-state index contributed by atoms with van der Waals surface area (Å²) < 4.78 is 29.5. The first-order valence-electron chi connectivity index (χ1n) is 3.20. The van der Waals surface area contributed by atoms with E-state index in [9.17, 15) is 18.3 Å². The molecule has 0 aliphatic heterocycles. The Morgan fingerprint density at radius 3 is 1.93 bits per heavy atom. The normalized spacial score (nSPS) is 10.4. The summed E-state index contributed by atoms with van der Waals surface area (Å²) >= 11 is 0. The molecule has 0 spiro atoms. The molecule has 1 N–H and O–H groups in total. The van der Waals surface area contributed by atoms with Crippen LogP contribution in [0.4, 0.5) is 0 Å². The number of carboxylic acids is 1. The van der Waals surface area contributed by atoms with Crippen molar-refractivity contribution in [2.45, 2.75) is 4.90 Å². The van der Waals surface area contributed by atoms with E-state index in [0.717, 1.165) is 24.3 Å². The molecule has 0 saturated carbocycles. The van der Waals surface area contributed by atoms with Crippen molar-refractivity contribution >= 4 is 16.1 Å². The fourth-order valence-electron chi connectivity index (χ4n) is 0.763. The standard InChI is InChI=1S/C7H6O5S.Rb/c8-7(9)5-1-3-6(4-2-5)13(10,11)12;/h1-4H,(H,8,9)(H,10,11,12);/q;+1/p-1. The molecule has 1 rings (SSSR count). The zero-order valence-electron chi connectivity index (χ0n) is 7.30. The van der Waals surface area contributed by atoms with Crippen molar-refractivity contribution in [1.82, 2.24) is 0 Å². The topological polar surface area (TPSA) is 94.5 Å². The summed E-state index contributed by atoms with van der Waals surface area (Å²) in [5.74, 6) is -1.40. The van der Waals surface area contributed by atoms with Gasteiger partial charge in [0.05, 0.1) is 10.9 Å². The first-order valence-corrected chi connectivity index (χ1v) is 4.64. The molecule has 0 fully saturated rings. The summed E-state index contributed by atoms with van der Waals surface area (Å²) in [6, 6.07) is 4.05. The van der Waals surface area contributed by atoms with Crippen molar-refractivity contribution in [2.75, 3.05) is 0 Å². The fourth-order valence-corrected chi connectivity index (χ4v) is 1.24. The van der Waals surface area contributed by atoms with E-state index in [4.69, 9.17) is 4.55 Å². The van der Waals surface area contributed by atoms with Gasteiger partial charge in [-0.15, -0.1) is 0 Å². The molecule has 0 aliphatic rings. The van der Waals surface area contributed by atoms with E-state index < -0.39 is 16.1 Å². The van der Waals surface area contributed by atoms with Gasteiger partial charge in [-0.1, -0.05) is 12.1 Å². The van der Waals surface area contributed by atoms with Crippen LogP contribution in [0.25, 0.3) is 0 Å². The number of carbonyl (C=O) groups is 1. The Kier molecular flexibility index (Phi) is 5.64. The van der Waals surface area contributed by atoms with Gasteiger partial charge in [-0.2, -0.15) is 8.42 Å². The third kappa shape index (κ3) is 3.88. The molecule has 0 aromatic heterocycles. The van der Waals surface area contributed by atoms with Crippen molar-refractivity contribution in [1.29, 1.82) is 0 Å². The van der Waals surface area contributed by atoms with Gasteiger partial charge in [0.1, 0.15) is 0 Å². The third-order valence-corrected chi connectivity index (χ3v) is 2.26. The van der Waals surface area contributed by atoms with Gasteiger partial charge >= 0.3 is 58.2 Å². The number of hydrogen-bond donors (Lipinski definition) is 1. The summed E-state index contributed by atoms with van der Waals surface area (Å²) in [4.78, 5) is 9.89. The summed E-state index contributed by atoms with van der Waals surface area (Å²) in [5.41, 5.74) is -0.146. The molecular formula is C7H5O5RbS. The first kappa shape index (κ1) is 14.4. The maximum atomic E-state index is 10.5. The molecule has 0 amide bonds. The number of hydrogen-bond acceptors (Lipinski definition) is 4. The van der Waals surface area contributed by atoms with Gasteiger partial charge in [0.25, 0.3) is 10.1 Å². The van der Waals surface area contributed by atoms with Crippen LogP contribution >= 0.6 is 0 Å². The molecule has 70 valence electrons. The van der Waals surface area contributed by atoms with Gasteiger partial charge in [-0.3, -0.25) is 4.55 Å². The second-order valence-electron chi connectivity index (χ2n) is 2.29. The Balaban J connectivity index is 0.00000169. The van der Waals surface area contributed by atoms with Crippen LogP contribution in [0.5, 0.6) is 0 Å². The Labute approximate surface area is 130 Å². The second kappa shape index (κ2) is 5.48. The van der Waals surface area contributed by atoms with E-state index in [1.54, 1.807) is 0 Å². The Bertz CT molecular complexity index is 422. The maximum absolute atomic E-state index is 10.5. The monoisotopic (exact) mass is 286 g/mol. The molecular weight excluding hydrogens is 282 g/mol. The van der Waals surface area contributed by atoms with Crippen LogP contribution in [-0.4, -0.2) is 18.9 Å². The number of rotatable bonds is 2. The fraction of sp³-hybridized carbons (Fsp3) is 0. The van der Waals surface area contributed by atoms with Gasteiger partial charge < -0.3 is 9.90 Å². The van der Waals surface area contributed by atoms with Gasteiger partial charge in [0, 0.05) is 0 Å². The van der Waals surface area contributed by atoms with Gasteiger partial charge in [-0.25, -0.2) is 0 Å². The molecule has 0 aliphatic carbocycles. The third-order valence-electron chi connectivity index (χ3n) is 1.39. The van der Waals surface area contributed by atoms with Crippen molar-refractivity contribution in [2.24, 2.45) is 0 Å². The molecule has 7 heteroatoms. The smallest absolute Gasteiger partial charge is 0.545 e. The predicted molar refractivity (Wildman–Crippen MR) is 40.6 cm³/mol. The van der Waals surface area contributed by atoms with E-state index in [2.05, 4.69) is 0 Å². The largest absolute Gasteiger partial charge is 1.00 e. The van der Waals surface area contributed by atoms with Crippen LogP contribution in [0.15, 0.2) is 29.2 Å². The molecule has 5 nitrogen and oxygen atoms in total. The van der Waals surface area contributed by atoms with Crippen molar-refractivity contribution in [3.8, 4) is 0 Å². The zero-order valence-corrected chi connectivity index (χ0v) is 13.0. The minimum Gasteiger partial charge on any atom is -0.545 e. The van der Waals surface area contributed by atoms with E-state index >= 15 is 0 Å². The molecule has 0 atom stereocenters. The van der Waals surface area contributed by atoms with Crippen LogP contribution in [0.1, 0.15) is 10.4 Å². The maximum Gasteiger partial charge on any atom is 1.00 e. The van der Waals surface area contributed by atoms with Crippen molar-refractivity contribution < 1.29 is 81.1 Å². The Morgan fingerprint density at radius 2 is 1.64 bits per heavy atom. The average Bonchev–Trinajstić information content (AvgIpc) is 2.03. The molecule has 0 bridgehead atoms. The minimum atomic E-state index is -4.26. The molecule has 1 aromatic rings. The van der Waals surface area contributed by atoms with E-state index in [-0.39, 0.29) is 68.6 Å². The SMILES string of the molecule is O=C([O-])c1ccc(S(=O)(=O)O)cc1.[Rb+]. The number of carboxylic acid groups (broad SMARTS) is 1. The summed E-state index contributed by atoms with van der Waals surface area (Å²) in [6.07, 6.45) is 0. The number of benzene rings is 1. The molecule has 1 aromatic carbocycles. The van der Waals surface area contributed by atoms with Crippen molar-refractivity contribution in [3.05, 3.63) is 29.8 Å². The van der Waals surface area contributed by atoms with Crippen LogP contribution in [0, 0.1) is 0 Å². The second-order valence-corrected chi connectivity index (χ2v) is 3.71. The van der Waals surface area contributed by atoms with E-state index in [0.29, 0.717) is 0 Å². The van der Waals surface area contributed by atoms with E-state index in [1.807, 2.05) is 0 Å². The summed E-state index contributed by atoms with van der Waals surface area (Å²) in [6.45, 7) is 0. The van der Waals surface area contributed by atoms with Gasteiger partial charge in [0.15, 0.2) is 0 Å². The van der Waals surface area contributed by atoms with Crippen LogP contribution in [0.2, 0.25) is 0 Å². The Hall–Kier alpha value is 0.405. The van der Waals surface area contributed by atoms with Gasteiger partial charge in [0.2, 0.25) is 0 Å². The summed E-state index contributed by atoms with van der Waals surface area (Å²) in [5, 5.41) is 10.2. The van der Waals surface area contributed by atoms with E-state index in [1.165, 1.54) is 0 Å². The first-order chi connectivity index (χ1) is 5.91. The van der Waals surface area contributed by atoms with Crippen LogP contribution < -0.4 is 63.3 Å². The molecule has 0 heterocycles. The predicted octanol–water partition coefficient (Wildman–Crippen LogP) is -3.70. The quantitative estimate of drug-likeness (QED) is 0.565. The number of carbonyl (C=O) groups excluding carboxylic acids is 1. The van der Waals surface area contributed by atoms with Crippen LogP contribution in [-0.2, 0) is 10.1 Å². The molecule has 0 saturated heterocycles. The molecule has 0 unspecified atom stereocenters. The van der Waals surface area contributed by atoms with Crippen molar-refractivity contribution in [3.63, 3.8) is 0 Å². The molecule has 0 radical (unpaired) electrons. The van der Waals surface area contributed by atoms with Crippen LogP contribution in [0.3, 0.4) is 0 Å². The zero-order chi connectivity index (χ0) is 10.1. The number of aromatic carboxylic acids is 1. The minimum absolute atomic E-state index is 0. The Morgan fingerprint density at radius 1 is 1.21 bits per heavy atom. The average molecular weight is 287 g/mol. The van der Waals surface area contributed by atoms with Gasteiger partial charge in [-0.05, 0) is 17.7 Å².